The van der Waals surface area contributed by atoms with Gasteiger partial charge in [-0.15, -0.1) is 0 Å². The van der Waals surface area contributed by atoms with Crippen molar-refractivity contribution in [2.45, 2.75) is 6.92 Å². The molecule has 8 heteroatoms. The van der Waals surface area contributed by atoms with Crippen LogP contribution in [0.3, 0.4) is 0 Å². The molecule has 0 N–H and O–H groups in total. The molecular formula is C23H18N2O5S. The molecule has 3 aromatic carbocycles. The van der Waals surface area contributed by atoms with Crippen LogP contribution in [0.2, 0.25) is 0 Å². The maximum Gasteiger partial charge on any atom is 0.293 e. The number of thioether (sulfide) groups is 1. The summed E-state index contributed by atoms with van der Waals surface area (Å²) in [6.45, 7) is 1.92. The summed E-state index contributed by atoms with van der Waals surface area (Å²) >= 11 is 0.817. The van der Waals surface area contributed by atoms with Crippen molar-refractivity contribution < 1.29 is 19.2 Å². The number of nitrogens with zero attached hydrogens (tertiary/aromatic N) is 2. The number of benzene rings is 3. The maximum absolute atomic E-state index is 12.7. The van der Waals surface area contributed by atoms with Gasteiger partial charge in [0.05, 0.1) is 16.4 Å². The number of nitro benzene ring substituents is 1. The lowest BCUT2D eigenvalue weighted by Crippen LogP contribution is -2.32. The first kappa shape index (κ1) is 20.6. The van der Waals surface area contributed by atoms with E-state index in [0.29, 0.717) is 16.9 Å². The Morgan fingerprint density at radius 1 is 1.10 bits per heavy atom. The van der Waals surface area contributed by atoms with Crippen LogP contribution < -0.4 is 4.74 Å². The predicted octanol–water partition coefficient (Wildman–Crippen LogP) is 5.17. The smallest absolute Gasteiger partial charge is 0.293 e. The molecule has 1 saturated heterocycles. The highest BCUT2D eigenvalue weighted by atomic mass is 32.2. The highest BCUT2D eigenvalue weighted by molar-refractivity contribution is 8.18. The molecule has 0 unspecified atom stereocenters. The lowest BCUT2D eigenvalue weighted by Gasteiger charge is -2.14. The first-order valence-electron chi connectivity index (χ1n) is 9.55. The van der Waals surface area contributed by atoms with E-state index in [4.69, 9.17) is 4.74 Å². The van der Waals surface area contributed by atoms with Gasteiger partial charge in [0.2, 0.25) is 0 Å². The third-order valence-electron chi connectivity index (χ3n) is 4.92. The number of hydrogen-bond acceptors (Lipinski definition) is 6. The minimum Gasteiger partial charge on any atom is -0.491 e. The Morgan fingerprint density at radius 2 is 1.87 bits per heavy atom. The summed E-state index contributed by atoms with van der Waals surface area (Å²) in [5.74, 6) is 0.257. The van der Waals surface area contributed by atoms with Gasteiger partial charge in [-0.2, -0.15) is 0 Å². The Balaban J connectivity index is 1.46. The van der Waals surface area contributed by atoms with Gasteiger partial charge >= 0.3 is 0 Å². The summed E-state index contributed by atoms with van der Waals surface area (Å²) in [5, 5.41) is 12.7. The van der Waals surface area contributed by atoms with E-state index in [1.165, 1.54) is 12.1 Å². The SMILES string of the molecule is Cc1ccc(/C=C2\SC(=O)N(CCOc3cccc4ccccc34)C2=O)cc1[N+](=O)[O-]. The molecular weight excluding hydrogens is 416 g/mol. The van der Waals surface area contributed by atoms with E-state index in [2.05, 4.69) is 0 Å². The second-order valence-corrected chi connectivity index (χ2v) is 7.96. The van der Waals surface area contributed by atoms with Gasteiger partial charge in [0.15, 0.2) is 0 Å². The zero-order valence-corrected chi connectivity index (χ0v) is 17.4. The van der Waals surface area contributed by atoms with Crippen LogP contribution in [0.15, 0.2) is 65.6 Å². The van der Waals surface area contributed by atoms with E-state index in [9.17, 15) is 19.7 Å². The van der Waals surface area contributed by atoms with Crippen molar-refractivity contribution in [3.63, 3.8) is 0 Å². The highest BCUT2D eigenvalue weighted by Gasteiger charge is 2.34. The number of carbonyl (C=O) groups excluding carboxylic acids is 2. The molecule has 0 bridgehead atoms. The molecule has 31 heavy (non-hydrogen) atoms. The lowest BCUT2D eigenvalue weighted by atomic mass is 10.1. The van der Waals surface area contributed by atoms with Gasteiger partial charge in [0, 0.05) is 17.0 Å². The van der Waals surface area contributed by atoms with Crippen LogP contribution in [-0.2, 0) is 4.79 Å². The molecule has 0 atom stereocenters. The first-order chi connectivity index (χ1) is 14.9. The summed E-state index contributed by atoms with van der Waals surface area (Å²) in [4.78, 5) is 37.0. The molecule has 0 aliphatic carbocycles. The van der Waals surface area contributed by atoms with E-state index in [1.54, 1.807) is 19.1 Å². The molecule has 1 heterocycles. The third kappa shape index (κ3) is 4.29. The van der Waals surface area contributed by atoms with Crippen molar-refractivity contribution in [3.05, 3.63) is 86.8 Å². The van der Waals surface area contributed by atoms with E-state index >= 15 is 0 Å². The minimum atomic E-state index is -0.469. The van der Waals surface area contributed by atoms with Gasteiger partial charge in [0.1, 0.15) is 12.4 Å². The molecule has 2 amide bonds. The van der Waals surface area contributed by atoms with Crippen LogP contribution in [0.25, 0.3) is 16.8 Å². The number of ether oxygens (including phenoxy) is 1. The fourth-order valence-electron chi connectivity index (χ4n) is 3.33. The molecule has 0 saturated carbocycles. The van der Waals surface area contributed by atoms with Crippen LogP contribution in [0.1, 0.15) is 11.1 Å². The van der Waals surface area contributed by atoms with Crippen LogP contribution in [0, 0.1) is 17.0 Å². The van der Waals surface area contributed by atoms with Crippen molar-refractivity contribution in [2.75, 3.05) is 13.2 Å². The van der Waals surface area contributed by atoms with Gasteiger partial charge in [-0.1, -0.05) is 48.5 Å². The minimum absolute atomic E-state index is 0.0310. The van der Waals surface area contributed by atoms with Gasteiger partial charge in [-0.25, -0.2) is 0 Å². The molecule has 156 valence electrons. The lowest BCUT2D eigenvalue weighted by molar-refractivity contribution is -0.385. The largest absolute Gasteiger partial charge is 0.491 e. The number of amides is 2. The van der Waals surface area contributed by atoms with Crippen LogP contribution in [-0.4, -0.2) is 34.1 Å². The molecule has 4 rings (SSSR count). The molecule has 1 aliphatic heterocycles. The molecule has 7 nitrogen and oxygen atoms in total. The standard InChI is InChI=1S/C23H18N2O5S/c1-15-9-10-16(13-19(15)25(28)29)14-21-22(26)24(23(27)31-21)11-12-30-20-8-4-6-17-5-2-3-7-18(17)20/h2-10,13-14H,11-12H2,1H3/b21-14-. The number of imide groups is 1. The van der Waals surface area contributed by atoms with Crippen molar-refractivity contribution in [1.82, 2.24) is 4.90 Å². The average molecular weight is 434 g/mol. The summed E-state index contributed by atoms with van der Waals surface area (Å²) in [5.41, 5.74) is 0.993. The summed E-state index contributed by atoms with van der Waals surface area (Å²) in [6, 6.07) is 18.2. The molecule has 0 aromatic heterocycles. The maximum atomic E-state index is 12.7. The number of fused-ring (bicyclic) bond motifs is 1. The average Bonchev–Trinajstić information content (AvgIpc) is 3.02. The monoisotopic (exact) mass is 434 g/mol. The van der Waals surface area contributed by atoms with Crippen molar-refractivity contribution in [2.24, 2.45) is 0 Å². The third-order valence-corrected chi connectivity index (χ3v) is 5.83. The summed E-state index contributed by atoms with van der Waals surface area (Å²) in [7, 11) is 0. The highest BCUT2D eigenvalue weighted by Crippen LogP contribution is 2.33. The number of aryl methyl sites for hydroxylation is 1. The fraction of sp³-hybridized carbons (Fsp3) is 0.130. The summed E-state index contributed by atoms with van der Waals surface area (Å²) in [6.07, 6.45) is 1.50. The Labute approximate surface area is 182 Å². The van der Waals surface area contributed by atoms with E-state index in [-0.39, 0.29) is 29.0 Å². The second-order valence-electron chi connectivity index (χ2n) is 6.96. The normalized spacial score (nSPS) is 15.1. The van der Waals surface area contributed by atoms with Crippen LogP contribution in [0.4, 0.5) is 10.5 Å². The zero-order valence-electron chi connectivity index (χ0n) is 16.6. The van der Waals surface area contributed by atoms with Crippen LogP contribution in [0.5, 0.6) is 5.75 Å². The Hall–Kier alpha value is -3.65. The van der Waals surface area contributed by atoms with Gasteiger partial charge in [-0.3, -0.25) is 24.6 Å². The number of hydrogen-bond donors (Lipinski definition) is 0. The quantitative estimate of drug-likeness (QED) is 0.302. The molecule has 3 aromatic rings. The van der Waals surface area contributed by atoms with Gasteiger partial charge < -0.3 is 4.74 Å². The Kier molecular flexibility index (Phi) is 5.73. The number of nitro groups is 1. The molecule has 0 spiro atoms. The molecule has 0 radical (unpaired) electrons. The Morgan fingerprint density at radius 3 is 2.68 bits per heavy atom. The van der Waals surface area contributed by atoms with Crippen molar-refractivity contribution >= 4 is 45.4 Å². The topological polar surface area (TPSA) is 89.8 Å². The van der Waals surface area contributed by atoms with Gasteiger partial charge in [-0.05, 0) is 41.8 Å². The van der Waals surface area contributed by atoms with E-state index < -0.39 is 10.8 Å². The van der Waals surface area contributed by atoms with Crippen molar-refractivity contribution in [3.8, 4) is 5.75 Å². The van der Waals surface area contributed by atoms with Gasteiger partial charge in [0.25, 0.3) is 16.8 Å². The Bertz CT molecular complexity index is 1230. The number of rotatable bonds is 6. The van der Waals surface area contributed by atoms with E-state index in [1.807, 2.05) is 42.5 Å². The molecule has 1 aliphatic rings. The fourth-order valence-corrected chi connectivity index (χ4v) is 4.19. The number of carbonyl (C=O) groups is 2. The van der Waals surface area contributed by atoms with Crippen LogP contribution >= 0.6 is 11.8 Å². The summed E-state index contributed by atoms with van der Waals surface area (Å²) < 4.78 is 5.84. The van der Waals surface area contributed by atoms with E-state index in [0.717, 1.165) is 27.4 Å². The zero-order chi connectivity index (χ0) is 22.0. The second kappa shape index (κ2) is 8.61. The molecule has 1 fully saturated rings. The van der Waals surface area contributed by atoms with Crippen molar-refractivity contribution in [1.29, 1.82) is 0 Å². The first-order valence-corrected chi connectivity index (χ1v) is 10.4. The predicted molar refractivity (Wildman–Crippen MR) is 120 cm³/mol.